The third-order valence-electron chi connectivity index (χ3n) is 14.2. The normalized spacial score (nSPS) is 22.9. The minimum absolute atomic E-state index is 0.0513. The van der Waals surface area contributed by atoms with Crippen molar-refractivity contribution in [3.8, 4) is 0 Å². The zero-order valence-corrected chi connectivity index (χ0v) is 41.4. The molecule has 4 aliphatic carbocycles. The van der Waals surface area contributed by atoms with Crippen LogP contribution in [0.2, 0.25) is 17.4 Å². The fraction of sp³-hybridized carbons (Fsp3) is 0.396. The quantitative estimate of drug-likeness (QED) is 0.0924. The minimum Gasteiger partial charge on any atom is -0.462 e. The number of amides is 1. The number of nitrogens with two attached hydrogens (primary N) is 1. The summed E-state index contributed by atoms with van der Waals surface area (Å²) in [4.78, 5) is 48.2. The Morgan fingerprint density at radius 1 is 0.667 bits per heavy atom. The van der Waals surface area contributed by atoms with Crippen molar-refractivity contribution in [3.05, 3.63) is 152 Å². The second-order valence-electron chi connectivity index (χ2n) is 20.4. The third-order valence-corrected chi connectivity index (χ3v) is 14.2. The summed E-state index contributed by atoms with van der Waals surface area (Å²) < 4.78 is 8.47. The van der Waals surface area contributed by atoms with E-state index in [2.05, 4.69) is 53.3 Å². The summed E-state index contributed by atoms with van der Waals surface area (Å²) in [5, 5.41) is 29.1. The number of benzene rings is 2. The van der Waals surface area contributed by atoms with Crippen molar-refractivity contribution in [3.63, 3.8) is 0 Å². The van der Waals surface area contributed by atoms with Gasteiger partial charge in [-0.3, -0.25) is 14.4 Å². The molecule has 4 saturated carbocycles. The zero-order valence-electron chi connectivity index (χ0n) is 40.3. The first-order chi connectivity index (χ1) is 33.2. The SMILES string of the molecule is CCOC(=O)c1cnn2c(C)cccc12.Cc1cccc2c(C(=O)NC3CC4(C3)CC(c3n[nH]c(=O)c5ccccc35)C4)cnn12.NC1CC2(C1)CC(c1n[nH]c(=O)c3ccccc13)C2.[CH3][Al]([CH3])[CH3]. The van der Waals surface area contributed by atoms with Crippen LogP contribution in [-0.4, -0.2) is 84.3 Å². The number of nitrogens with one attached hydrogen (secondary N) is 3. The molecule has 12 rings (SSSR count). The summed E-state index contributed by atoms with van der Waals surface area (Å²) in [5.74, 6) is 7.39. The van der Waals surface area contributed by atoms with Crippen LogP contribution in [0, 0.1) is 24.7 Å². The Kier molecular flexibility index (Phi) is 13.4. The van der Waals surface area contributed by atoms with Crippen LogP contribution < -0.4 is 22.2 Å². The number of fused-ring (bicyclic) bond motifs is 4. The number of carbonyl (C=O) groups is 2. The number of hydrogen-bond acceptors (Lipinski definition) is 10. The lowest BCUT2D eigenvalue weighted by Crippen LogP contribution is -2.55. The van der Waals surface area contributed by atoms with Crippen LogP contribution >= 0.6 is 0 Å². The Balaban J connectivity index is 0.000000133. The molecule has 0 atom stereocenters. The first-order valence-electron chi connectivity index (χ1n) is 24.2. The Morgan fingerprint density at radius 2 is 1.10 bits per heavy atom. The van der Waals surface area contributed by atoms with E-state index >= 15 is 0 Å². The highest BCUT2D eigenvalue weighted by Crippen LogP contribution is 2.63. The van der Waals surface area contributed by atoms with Crippen molar-refractivity contribution in [2.45, 2.75) is 113 Å². The molecule has 1 amide bonds. The number of esters is 1. The first-order valence-corrected chi connectivity index (χ1v) is 27.7. The zero-order chi connectivity index (χ0) is 48.6. The third kappa shape index (κ3) is 9.62. The molecule has 6 aromatic heterocycles. The molecule has 2 aromatic carbocycles. The number of H-pyrrole nitrogens is 2. The predicted octanol–water partition coefficient (Wildman–Crippen LogP) is 8.43. The molecule has 69 heavy (non-hydrogen) atoms. The molecule has 6 heterocycles. The molecule has 356 valence electrons. The van der Waals surface area contributed by atoms with Crippen molar-refractivity contribution in [1.82, 2.24) is 44.9 Å². The second-order valence-corrected chi connectivity index (χ2v) is 23.9. The Bertz CT molecular complexity index is 3290. The van der Waals surface area contributed by atoms with Gasteiger partial charge in [-0.15, -0.1) is 17.4 Å². The lowest BCUT2D eigenvalue weighted by molar-refractivity contribution is -0.0196. The van der Waals surface area contributed by atoms with Gasteiger partial charge in [-0.25, -0.2) is 24.0 Å². The molecule has 0 bridgehead atoms. The highest BCUT2D eigenvalue weighted by Gasteiger charge is 2.54. The number of aryl methyl sites for hydroxylation is 2. The molecule has 0 saturated heterocycles. The molecule has 0 radical (unpaired) electrons. The first kappa shape index (κ1) is 47.6. The Hall–Kier alpha value is -6.47. The average Bonchev–Trinajstić information content (AvgIpc) is 3.93. The van der Waals surface area contributed by atoms with E-state index in [1.54, 1.807) is 28.3 Å². The topological polar surface area (TPSA) is 208 Å². The van der Waals surface area contributed by atoms with E-state index in [1.165, 1.54) is 12.8 Å². The summed E-state index contributed by atoms with van der Waals surface area (Å²) >= 11 is -0.139. The molecule has 4 fully saturated rings. The van der Waals surface area contributed by atoms with E-state index in [9.17, 15) is 19.2 Å². The van der Waals surface area contributed by atoms with Crippen LogP contribution in [0.1, 0.15) is 114 Å². The lowest BCUT2D eigenvalue weighted by Gasteiger charge is -2.57. The van der Waals surface area contributed by atoms with Crippen LogP contribution in [0.25, 0.3) is 32.6 Å². The molecule has 0 aliphatic heterocycles. The van der Waals surface area contributed by atoms with E-state index in [1.807, 2.05) is 98.8 Å². The molecule has 15 nitrogen and oxygen atoms in total. The maximum absolute atomic E-state index is 12.8. The smallest absolute Gasteiger partial charge is 0.341 e. The summed E-state index contributed by atoms with van der Waals surface area (Å²) in [5.41, 5.74) is 13.2. The number of pyridine rings is 2. The van der Waals surface area contributed by atoms with Gasteiger partial charge in [-0.2, -0.15) is 20.4 Å². The number of nitrogens with zero attached hydrogens (tertiary/aromatic N) is 6. The van der Waals surface area contributed by atoms with Crippen LogP contribution in [0.15, 0.2) is 107 Å². The highest BCUT2D eigenvalue weighted by molar-refractivity contribution is 6.54. The maximum atomic E-state index is 12.8. The van der Waals surface area contributed by atoms with Crippen LogP contribution in [0.5, 0.6) is 0 Å². The van der Waals surface area contributed by atoms with Crippen LogP contribution in [-0.2, 0) is 4.74 Å². The molecule has 2 spiro atoms. The van der Waals surface area contributed by atoms with E-state index in [4.69, 9.17) is 10.5 Å². The van der Waals surface area contributed by atoms with Crippen LogP contribution in [0.3, 0.4) is 0 Å². The van der Waals surface area contributed by atoms with Gasteiger partial charge in [0, 0.05) is 46.1 Å². The fourth-order valence-electron chi connectivity index (χ4n) is 11.2. The number of hydrogen-bond donors (Lipinski definition) is 4. The van der Waals surface area contributed by atoms with E-state index in [0.29, 0.717) is 51.8 Å². The van der Waals surface area contributed by atoms with Gasteiger partial charge in [0.15, 0.2) is 0 Å². The number of aromatic amines is 2. The monoisotopic (exact) mass is 944 g/mol. The maximum Gasteiger partial charge on any atom is 0.341 e. The predicted molar refractivity (Wildman–Crippen MR) is 270 cm³/mol. The van der Waals surface area contributed by atoms with E-state index in [-0.39, 0.29) is 43.2 Å². The van der Waals surface area contributed by atoms with Crippen molar-refractivity contribution < 1.29 is 14.3 Å². The van der Waals surface area contributed by atoms with Crippen molar-refractivity contribution >= 4 is 58.6 Å². The van der Waals surface area contributed by atoms with Gasteiger partial charge in [0.2, 0.25) is 0 Å². The Labute approximate surface area is 404 Å². The summed E-state index contributed by atoms with van der Waals surface area (Å²) in [6.07, 6.45) is 11.9. The molecular formula is C53H61AlN10O5. The second kappa shape index (κ2) is 19.5. The van der Waals surface area contributed by atoms with Crippen molar-refractivity contribution in [2.24, 2.45) is 16.6 Å². The van der Waals surface area contributed by atoms with Gasteiger partial charge < -0.3 is 15.8 Å². The number of rotatable bonds is 6. The summed E-state index contributed by atoms with van der Waals surface area (Å²) in [6.45, 7) is 6.08. The van der Waals surface area contributed by atoms with Gasteiger partial charge in [-0.1, -0.05) is 48.5 Å². The number of aromatic nitrogens is 8. The summed E-state index contributed by atoms with van der Waals surface area (Å²) in [7, 11) is 0. The van der Waals surface area contributed by atoms with E-state index in [0.717, 1.165) is 88.5 Å². The Morgan fingerprint density at radius 3 is 1.57 bits per heavy atom. The standard InChI is InChI=1S/C24H23N5O2.C15H17N3O.C11H12N2O2.3CH3.Al/c1-14-5-4-8-20-19(13-25-29(14)20)22(30)26-16-11-24(12-16)9-15(10-24)21-17-6-2-3-7-18(17)23(31)28-27-21;16-10-7-15(8-10)5-9(6-15)13-11-3-1-2-4-12(11)14(19)18-17-13;1-3-15-11(14)9-7-12-13-8(2)5-4-6-10(9)13;;;;/h2-8,13,15-16H,9-12H2,1H3,(H,26,30)(H,28,31);1-4,9-10H,5-8,16H2,(H,18,19);4-7H,3H2,1-2H3;3*1H3;. The van der Waals surface area contributed by atoms with E-state index < -0.39 is 0 Å². The molecule has 4 aliphatic rings. The van der Waals surface area contributed by atoms with Gasteiger partial charge in [0.1, 0.15) is 5.56 Å². The fourth-order valence-corrected chi connectivity index (χ4v) is 11.2. The van der Waals surface area contributed by atoms with Gasteiger partial charge >= 0.3 is 5.97 Å². The average molecular weight is 945 g/mol. The van der Waals surface area contributed by atoms with Gasteiger partial charge in [-0.05, 0) is 119 Å². The molecular weight excluding hydrogens is 884 g/mol. The molecule has 16 heteroatoms. The van der Waals surface area contributed by atoms with Crippen LogP contribution in [0.4, 0.5) is 0 Å². The van der Waals surface area contributed by atoms with Crippen molar-refractivity contribution in [2.75, 3.05) is 6.61 Å². The summed E-state index contributed by atoms with van der Waals surface area (Å²) in [6, 6.07) is 27.6. The largest absolute Gasteiger partial charge is 0.462 e. The number of ether oxygens (including phenoxy) is 1. The lowest BCUT2D eigenvalue weighted by atomic mass is 9.49. The minimum atomic E-state index is -0.321. The van der Waals surface area contributed by atoms with Gasteiger partial charge in [0.25, 0.3) is 31.2 Å². The number of carbonyl (C=O) groups excluding carboxylic acids is 2. The highest BCUT2D eigenvalue weighted by atomic mass is 27.2. The molecule has 8 aromatic rings. The van der Waals surface area contributed by atoms with Gasteiger partial charge in [0.05, 0.1) is 57.8 Å². The molecule has 0 unspecified atom stereocenters. The van der Waals surface area contributed by atoms with Crippen molar-refractivity contribution in [1.29, 1.82) is 0 Å². The molecule has 5 N–H and O–H groups in total.